The molecular weight excluding hydrogens is 821 g/mol. The van der Waals surface area contributed by atoms with Gasteiger partial charge in [-0.2, -0.15) is 5.26 Å². The molecule has 0 aliphatic carbocycles. The first-order valence-electron chi connectivity index (χ1n) is 18.8. The third-order valence-electron chi connectivity index (χ3n) is 9.88. The number of benzene rings is 4. The molecule has 1 fully saturated rings. The summed E-state index contributed by atoms with van der Waals surface area (Å²) < 4.78 is 53.2. The maximum atomic E-state index is 16.1. The van der Waals surface area contributed by atoms with Crippen molar-refractivity contribution < 1.29 is 46.9 Å². The molecule has 16 heteroatoms. The highest BCUT2D eigenvalue weighted by molar-refractivity contribution is 6.31. The van der Waals surface area contributed by atoms with Crippen molar-refractivity contribution in [3.63, 3.8) is 0 Å². The fourth-order valence-corrected chi connectivity index (χ4v) is 7.55. The molecule has 3 N–H and O–H groups in total. The van der Waals surface area contributed by atoms with Gasteiger partial charge in [0.2, 0.25) is 12.2 Å². The van der Waals surface area contributed by atoms with E-state index in [-0.39, 0.29) is 51.2 Å². The number of nitrogens with zero attached hydrogens (tertiary/aromatic N) is 1. The van der Waals surface area contributed by atoms with Gasteiger partial charge in [0.05, 0.1) is 35.5 Å². The van der Waals surface area contributed by atoms with Crippen LogP contribution >= 0.6 is 23.2 Å². The molecule has 0 radical (unpaired) electrons. The van der Waals surface area contributed by atoms with E-state index in [9.17, 15) is 24.4 Å². The van der Waals surface area contributed by atoms with Crippen molar-refractivity contribution in [3.05, 3.63) is 129 Å². The van der Waals surface area contributed by atoms with Gasteiger partial charge in [-0.05, 0) is 66.3 Å². The quantitative estimate of drug-likeness (QED) is 0.0876. The zero-order valence-corrected chi connectivity index (χ0v) is 35.1. The Kier molecular flexibility index (Phi) is 14.4. The van der Waals surface area contributed by atoms with Crippen molar-refractivity contribution in [1.82, 2.24) is 10.6 Å². The van der Waals surface area contributed by atoms with Gasteiger partial charge in [0.25, 0.3) is 0 Å². The van der Waals surface area contributed by atoms with Crippen LogP contribution in [0.4, 0.5) is 19.3 Å². The Hall–Kier alpha value is -5.75. The number of methoxy groups -OCH3 is 1. The van der Waals surface area contributed by atoms with E-state index in [1.165, 1.54) is 69.5 Å². The first kappa shape index (κ1) is 45.3. The number of alkyl carbamates (subject to hydrolysis) is 1. The Morgan fingerprint density at radius 3 is 2.32 bits per heavy atom. The molecule has 1 unspecified atom stereocenters. The van der Waals surface area contributed by atoms with E-state index in [2.05, 4.69) is 22.0 Å². The molecule has 4 aromatic rings. The zero-order chi connectivity index (χ0) is 43.9. The topological polar surface area (TPSA) is 165 Å². The highest BCUT2D eigenvalue weighted by atomic mass is 35.5. The summed E-state index contributed by atoms with van der Waals surface area (Å²) in [6.45, 7) is 8.46. The summed E-state index contributed by atoms with van der Waals surface area (Å²) in [5, 5.41) is 19.3. The summed E-state index contributed by atoms with van der Waals surface area (Å²) in [5.41, 5.74) is -1.69. The maximum Gasteiger partial charge on any atom is 0.410 e. The van der Waals surface area contributed by atoms with Crippen LogP contribution in [0.15, 0.2) is 84.9 Å². The summed E-state index contributed by atoms with van der Waals surface area (Å²) in [7, 11) is 1.30. The van der Waals surface area contributed by atoms with Crippen molar-refractivity contribution in [2.75, 3.05) is 12.4 Å². The van der Waals surface area contributed by atoms with E-state index in [0.29, 0.717) is 0 Å². The SMILES string of the molecule is COc1cc(C(=O)OC(C)OC(=O)N[C@@H](C)C(=O)OCc2ccccc2)ccc1NC(=O)[C@@H]1N[C@@H](CC(C)(C)C)[C@](C#N)(c2ccc(Cl)cc2F)[C@H]1c1cccc(Cl)c1F. The Morgan fingerprint density at radius 2 is 1.67 bits per heavy atom. The van der Waals surface area contributed by atoms with Crippen molar-refractivity contribution in [2.24, 2.45) is 5.41 Å². The van der Waals surface area contributed by atoms with Gasteiger partial charge in [0.15, 0.2) is 0 Å². The van der Waals surface area contributed by atoms with Gasteiger partial charge in [-0.15, -0.1) is 0 Å². The van der Waals surface area contributed by atoms with Crippen molar-refractivity contribution >= 4 is 52.8 Å². The number of hydrogen-bond acceptors (Lipinski definition) is 10. The summed E-state index contributed by atoms with van der Waals surface area (Å²) in [5.74, 6) is -5.37. The number of carbonyl (C=O) groups is 4. The molecule has 4 aromatic carbocycles. The number of hydrogen-bond donors (Lipinski definition) is 3. The largest absolute Gasteiger partial charge is 0.495 e. The molecule has 1 saturated heterocycles. The van der Waals surface area contributed by atoms with Gasteiger partial charge in [-0.1, -0.05) is 92.5 Å². The first-order valence-corrected chi connectivity index (χ1v) is 19.6. The number of amides is 2. The second-order valence-electron chi connectivity index (χ2n) is 15.4. The molecule has 6 atom stereocenters. The molecular formula is C44H44Cl2F2N4O8. The monoisotopic (exact) mass is 864 g/mol. The van der Waals surface area contributed by atoms with Crippen LogP contribution in [-0.4, -0.2) is 55.5 Å². The number of ether oxygens (including phenoxy) is 4. The van der Waals surface area contributed by atoms with Crippen molar-refractivity contribution in [2.45, 2.75) is 83.4 Å². The average molecular weight is 866 g/mol. The number of carbonyl (C=O) groups excluding carboxylic acids is 4. The molecule has 1 aliphatic rings. The third-order valence-corrected chi connectivity index (χ3v) is 10.4. The summed E-state index contributed by atoms with van der Waals surface area (Å²) in [6, 6.07) is 20.0. The number of nitrogens with one attached hydrogen (secondary N) is 3. The number of anilines is 1. The van der Waals surface area contributed by atoms with Gasteiger partial charge in [0.1, 0.15) is 35.4 Å². The zero-order valence-electron chi connectivity index (χ0n) is 33.6. The van der Waals surface area contributed by atoms with E-state index in [1.54, 1.807) is 24.3 Å². The molecule has 5 rings (SSSR count). The highest BCUT2D eigenvalue weighted by Gasteiger charge is 2.61. The van der Waals surface area contributed by atoms with E-state index in [0.717, 1.165) is 11.6 Å². The number of esters is 2. The van der Waals surface area contributed by atoms with Crippen LogP contribution in [0.25, 0.3) is 0 Å². The highest BCUT2D eigenvalue weighted by Crippen LogP contribution is 2.53. The van der Waals surface area contributed by atoms with E-state index < -0.39 is 76.7 Å². The molecule has 1 aliphatic heterocycles. The average Bonchev–Trinajstić information content (AvgIpc) is 3.51. The lowest BCUT2D eigenvalue weighted by Gasteiger charge is -2.37. The number of halogens is 4. The van der Waals surface area contributed by atoms with Gasteiger partial charge in [0, 0.05) is 29.5 Å². The Balaban J connectivity index is 1.35. The Labute approximate surface area is 356 Å². The predicted octanol–water partition coefficient (Wildman–Crippen LogP) is 8.60. The summed E-state index contributed by atoms with van der Waals surface area (Å²) >= 11 is 12.4. The molecule has 316 valence electrons. The minimum atomic E-state index is -1.85. The van der Waals surface area contributed by atoms with Gasteiger partial charge < -0.3 is 34.9 Å². The van der Waals surface area contributed by atoms with Crippen LogP contribution in [0.1, 0.15) is 74.0 Å². The van der Waals surface area contributed by atoms with Gasteiger partial charge in [-0.25, -0.2) is 23.2 Å². The van der Waals surface area contributed by atoms with Crippen LogP contribution in [0.2, 0.25) is 10.0 Å². The van der Waals surface area contributed by atoms with Crippen LogP contribution in [0, 0.1) is 28.4 Å². The van der Waals surface area contributed by atoms with E-state index in [1.807, 2.05) is 26.8 Å². The molecule has 1 heterocycles. The molecule has 60 heavy (non-hydrogen) atoms. The summed E-state index contributed by atoms with van der Waals surface area (Å²) in [6.07, 6.45) is -2.19. The van der Waals surface area contributed by atoms with Crippen LogP contribution < -0.4 is 20.7 Å². The van der Waals surface area contributed by atoms with Gasteiger partial charge >= 0.3 is 18.0 Å². The smallest absolute Gasteiger partial charge is 0.410 e. The molecule has 0 bridgehead atoms. The fourth-order valence-electron chi connectivity index (χ4n) is 7.21. The molecule has 0 spiro atoms. The van der Waals surface area contributed by atoms with Crippen LogP contribution in [-0.2, 0) is 35.8 Å². The second-order valence-corrected chi connectivity index (χ2v) is 16.3. The van der Waals surface area contributed by atoms with Crippen LogP contribution in [0.3, 0.4) is 0 Å². The van der Waals surface area contributed by atoms with E-state index >= 15 is 8.78 Å². The van der Waals surface area contributed by atoms with E-state index in [4.69, 9.17) is 42.1 Å². The first-order chi connectivity index (χ1) is 28.4. The Morgan fingerprint density at radius 1 is 0.950 bits per heavy atom. The van der Waals surface area contributed by atoms with Crippen molar-refractivity contribution in [3.8, 4) is 11.8 Å². The lowest BCUT2D eigenvalue weighted by molar-refractivity contribution is -0.147. The lowest BCUT2D eigenvalue weighted by Crippen LogP contribution is -2.45. The minimum absolute atomic E-state index is 0.00697. The minimum Gasteiger partial charge on any atom is -0.495 e. The fraction of sp³-hybridized carbons (Fsp3) is 0.341. The molecule has 2 amide bonds. The molecule has 0 saturated carbocycles. The number of rotatable bonds is 13. The Bertz CT molecular complexity index is 2290. The maximum absolute atomic E-state index is 16.1. The predicted molar refractivity (Wildman–Crippen MR) is 219 cm³/mol. The molecule has 12 nitrogen and oxygen atoms in total. The lowest BCUT2D eigenvalue weighted by atomic mass is 9.62. The normalized spacial score (nSPS) is 19.6. The van der Waals surface area contributed by atoms with Crippen molar-refractivity contribution in [1.29, 1.82) is 5.26 Å². The molecule has 0 aromatic heterocycles. The standard InChI is InChI=1S/C44H44Cl2F2N4O8/c1-24(40(54)58-22-26-11-8-7-9-12-26)50-42(56)60-25(2)59-41(55)27-15-18-33(34(19-27)57-6)51-39(53)38-36(29-13-10-14-31(46)37(29)48)44(23-49,35(52-38)21-43(3,4)5)30-17-16-28(45)20-32(30)47/h7-20,24-25,35-36,38,52H,21-22H2,1-6H3,(H,50,56)(H,51,53)/t24-,25?,35-,36-,38+,44-/m0/s1. The number of nitriles is 1. The summed E-state index contributed by atoms with van der Waals surface area (Å²) in [4.78, 5) is 52.4. The third kappa shape index (κ3) is 10.3. The second kappa shape index (κ2) is 19.1. The van der Waals surface area contributed by atoms with Crippen LogP contribution in [0.5, 0.6) is 5.75 Å². The van der Waals surface area contributed by atoms with Gasteiger partial charge in [-0.3, -0.25) is 4.79 Å².